The van der Waals surface area contributed by atoms with E-state index in [1.165, 1.54) is 11.3 Å². The van der Waals surface area contributed by atoms with Crippen molar-refractivity contribution in [2.24, 2.45) is 11.7 Å². The third-order valence-corrected chi connectivity index (χ3v) is 3.65. The van der Waals surface area contributed by atoms with E-state index in [1.54, 1.807) is 0 Å². The van der Waals surface area contributed by atoms with E-state index in [2.05, 4.69) is 46.4 Å². The summed E-state index contributed by atoms with van der Waals surface area (Å²) in [4.78, 5) is 0. The van der Waals surface area contributed by atoms with Gasteiger partial charge in [-0.15, -0.1) is 0 Å². The Bertz CT molecular complexity index is 351. The maximum atomic E-state index is 5.59. The van der Waals surface area contributed by atoms with E-state index in [-0.39, 0.29) is 0 Å². The zero-order valence-corrected chi connectivity index (χ0v) is 10.5. The van der Waals surface area contributed by atoms with E-state index < -0.39 is 0 Å². The van der Waals surface area contributed by atoms with Gasteiger partial charge in [0.1, 0.15) is 0 Å². The molecule has 82 valence electrons. The van der Waals surface area contributed by atoms with Gasteiger partial charge in [0.25, 0.3) is 0 Å². The Morgan fingerprint density at radius 3 is 3.13 bits per heavy atom. The Hall–Kier alpha value is -0.540. The number of anilines is 1. The molecule has 2 nitrogen and oxygen atoms in total. The lowest BCUT2D eigenvalue weighted by molar-refractivity contribution is 0.464. The molecule has 1 aliphatic rings. The number of nitrogens with two attached hydrogens (primary N) is 1. The highest BCUT2D eigenvalue weighted by molar-refractivity contribution is 9.10. The molecule has 0 aromatic heterocycles. The molecule has 0 aliphatic carbocycles. The summed E-state index contributed by atoms with van der Waals surface area (Å²) in [5.74, 6) is 0.640. The smallest absolute Gasteiger partial charge is 0.0376 e. The minimum absolute atomic E-state index is 0.554. The molecule has 15 heavy (non-hydrogen) atoms. The number of hydrogen-bond donors (Lipinski definition) is 2. The third kappa shape index (κ3) is 2.34. The molecular weight excluding hydrogens is 252 g/mol. The van der Waals surface area contributed by atoms with Crippen LogP contribution in [0.1, 0.15) is 18.9 Å². The van der Waals surface area contributed by atoms with Gasteiger partial charge in [0.15, 0.2) is 0 Å². The lowest BCUT2D eigenvalue weighted by atomic mass is 9.96. The van der Waals surface area contributed by atoms with Gasteiger partial charge in [0.05, 0.1) is 0 Å². The molecule has 0 saturated heterocycles. The number of hydrogen-bond acceptors (Lipinski definition) is 2. The number of halogens is 1. The standard InChI is InChI=1S/C12H17BrN2/c1-8(4-5-14)12-7-9-6-10(13)2-3-11(9)15-12/h2-3,6,8,12,15H,4-5,7,14H2,1H3. The zero-order valence-electron chi connectivity index (χ0n) is 8.96. The summed E-state index contributed by atoms with van der Waals surface area (Å²) in [5.41, 5.74) is 8.29. The molecule has 2 unspecified atom stereocenters. The SMILES string of the molecule is CC(CCN)C1Cc2cc(Br)ccc2N1. The van der Waals surface area contributed by atoms with Gasteiger partial charge < -0.3 is 11.1 Å². The second-order valence-corrected chi connectivity index (χ2v) is 5.23. The van der Waals surface area contributed by atoms with Crippen LogP contribution in [-0.2, 0) is 6.42 Å². The molecule has 0 saturated carbocycles. The molecule has 3 N–H and O–H groups in total. The molecule has 0 fully saturated rings. The second-order valence-electron chi connectivity index (χ2n) is 4.31. The third-order valence-electron chi connectivity index (χ3n) is 3.16. The topological polar surface area (TPSA) is 38.0 Å². The van der Waals surface area contributed by atoms with Crippen molar-refractivity contribution in [3.63, 3.8) is 0 Å². The number of nitrogens with one attached hydrogen (secondary N) is 1. The van der Waals surface area contributed by atoms with Gasteiger partial charge in [0.2, 0.25) is 0 Å². The molecule has 1 heterocycles. The van der Waals surface area contributed by atoms with Gasteiger partial charge in [-0.05, 0) is 49.1 Å². The van der Waals surface area contributed by atoms with Crippen LogP contribution in [0, 0.1) is 5.92 Å². The van der Waals surface area contributed by atoms with E-state index >= 15 is 0 Å². The molecule has 2 rings (SSSR count). The molecule has 2 atom stereocenters. The van der Waals surface area contributed by atoms with Crippen molar-refractivity contribution in [2.75, 3.05) is 11.9 Å². The first-order valence-corrected chi connectivity index (χ1v) is 6.25. The Morgan fingerprint density at radius 1 is 1.60 bits per heavy atom. The van der Waals surface area contributed by atoms with Crippen LogP contribution in [0.5, 0.6) is 0 Å². The van der Waals surface area contributed by atoms with E-state index in [0.717, 1.165) is 23.9 Å². The zero-order chi connectivity index (χ0) is 10.8. The predicted octanol–water partition coefficient (Wildman–Crippen LogP) is 2.77. The van der Waals surface area contributed by atoms with E-state index in [4.69, 9.17) is 5.73 Å². The van der Waals surface area contributed by atoms with Crippen LogP contribution < -0.4 is 11.1 Å². The highest BCUT2D eigenvalue weighted by atomic mass is 79.9. The highest BCUT2D eigenvalue weighted by Gasteiger charge is 2.24. The monoisotopic (exact) mass is 268 g/mol. The van der Waals surface area contributed by atoms with Gasteiger partial charge in [-0.1, -0.05) is 22.9 Å². The first-order chi connectivity index (χ1) is 7.20. The first-order valence-electron chi connectivity index (χ1n) is 5.45. The van der Waals surface area contributed by atoms with Crippen LogP contribution in [0.15, 0.2) is 22.7 Å². The van der Waals surface area contributed by atoms with E-state index in [1.807, 2.05) is 0 Å². The first kappa shape index (κ1) is 11.0. The lowest BCUT2D eigenvalue weighted by Crippen LogP contribution is -2.26. The highest BCUT2D eigenvalue weighted by Crippen LogP contribution is 2.31. The average Bonchev–Trinajstić information content (AvgIpc) is 2.60. The average molecular weight is 269 g/mol. The van der Waals surface area contributed by atoms with Crippen LogP contribution in [0.4, 0.5) is 5.69 Å². The maximum Gasteiger partial charge on any atom is 0.0376 e. The van der Waals surface area contributed by atoms with Crippen LogP contribution >= 0.6 is 15.9 Å². The van der Waals surface area contributed by atoms with Crippen LogP contribution in [-0.4, -0.2) is 12.6 Å². The fraction of sp³-hybridized carbons (Fsp3) is 0.500. The molecule has 1 aromatic rings. The van der Waals surface area contributed by atoms with E-state index in [9.17, 15) is 0 Å². The molecule has 0 radical (unpaired) electrons. The largest absolute Gasteiger partial charge is 0.381 e. The molecule has 0 bridgehead atoms. The fourth-order valence-electron chi connectivity index (χ4n) is 2.17. The van der Waals surface area contributed by atoms with Gasteiger partial charge in [-0.2, -0.15) is 0 Å². The van der Waals surface area contributed by atoms with Crippen molar-refractivity contribution in [3.05, 3.63) is 28.2 Å². The molecule has 3 heteroatoms. The summed E-state index contributed by atoms with van der Waals surface area (Å²) < 4.78 is 1.16. The Labute approximate surface area is 99.4 Å². The summed E-state index contributed by atoms with van der Waals surface area (Å²) in [6.45, 7) is 3.05. The fourth-order valence-corrected chi connectivity index (χ4v) is 2.58. The Morgan fingerprint density at radius 2 is 2.40 bits per heavy atom. The molecule has 1 aliphatic heterocycles. The van der Waals surface area contributed by atoms with Gasteiger partial charge in [-0.3, -0.25) is 0 Å². The number of fused-ring (bicyclic) bond motifs is 1. The summed E-state index contributed by atoms with van der Waals surface area (Å²) in [6, 6.07) is 6.99. The van der Waals surface area contributed by atoms with Crippen LogP contribution in [0.25, 0.3) is 0 Å². The normalized spacial score (nSPS) is 20.9. The summed E-state index contributed by atoms with van der Waals surface area (Å²) in [5, 5.41) is 3.57. The Balaban J connectivity index is 2.08. The van der Waals surface area contributed by atoms with Crippen LogP contribution in [0.2, 0.25) is 0 Å². The molecule has 0 amide bonds. The molecule has 1 aromatic carbocycles. The quantitative estimate of drug-likeness (QED) is 0.885. The van der Waals surface area contributed by atoms with Gasteiger partial charge in [0, 0.05) is 16.2 Å². The minimum Gasteiger partial charge on any atom is -0.381 e. The van der Waals surface area contributed by atoms with E-state index in [0.29, 0.717) is 12.0 Å². The van der Waals surface area contributed by atoms with Crippen molar-refractivity contribution in [2.45, 2.75) is 25.8 Å². The van der Waals surface area contributed by atoms with Crippen molar-refractivity contribution in [1.29, 1.82) is 0 Å². The number of benzene rings is 1. The minimum atomic E-state index is 0.554. The van der Waals surface area contributed by atoms with Crippen LogP contribution in [0.3, 0.4) is 0 Å². The van der Waals surface area contributed by atoms with Crippen molar-refractivity contribution in [1.82, 2.24) is 0 Å². The van der Waals surface area contributed by atoms with Gasteiger partial charge >= 0.3 is 0 Å². The molecule has 0 spiro atoms. The summed E-state index contributed by atoms with van der Waals surface area (Å²) >= 11 is 3.50. The predicted molar refractivity (Wildman–Crippen MR) is 68.1 cm³/mol. The van der Waals surface area contributed by atoms with Gasteiger partial charge in [-0.25, -0.2) is 0 Å². The second kappa shape index (κ2) is 4.54. The lowest BCUT2D eigenvalue weighted by Gasteiger charge is -2.19. The number of rotatable bonds is 3. The van der Waals surface area contributed by atoms with Crippen molar-refractivity contribution < 1.29 is 0 Å². The summed E-state index contributed by atoms with van der Waals surface area (Å²) in [6.07, 6.45) is 2.21. The molecular formula is C12H17BrN2. The summed E-state index contributed by atoms with van der Waals surface area (Å²) in [7, 11) is 0. The van der Waals surface area contributed by atoms with Crippen molar-refractivity contribution in [3.8, 4) is 0 Å². The maximum absolute atomic E-state index is 5.59. The Kier molecular flexibility index (Phi) is 3.32. The van der Waals surface area contributed by atoms with Crippen molar-refractivity contribution >= 4 is 21.6 Å².